The Bertz CT molecular complexity index is 489. The Kier molecular flexibility index (Phi) is 3.80. The molecule has 6 nitrogen and oxygen atoms in total. The van der Waals surface area contributed by atoms with Gasteiger partial charge < -0.3 is 21.3 Å². The molecule has 0 bridgehead atoms. The molecule has 1 aromatic rings. The number of hydrogen-bond donors (Lipinski definition) is 2. The highest BCUT2D eigenvalue weighted by Crippen LogP contribution is 2.31. The van der Waals surface area contributed by atoms with Crippen LogP contribution in [0.15, 0.2) is 0 Å². The molecule has 2 aliphatic heterocycles. The van der Waals surface area contributed by atoms with E-state index in [0.29, 0.717) is 10.7 Å². The molecule has 0 saturated carbocycles. The molecule has 0 radical (unpaired) electrons. The summed E-state index contributed by atoms with van der Waals surface area (Å²) in [6.45, 7) is 3.46. The quantitative estimate of drug-likeness (QED) is 0.846. The summed E-state index contributed by atoms with van der Waals surface area (Å²) in [7, 11) is 0. The molecule has 7 heteroatoms. The van der Waals surface area contributed by atoms with Crippen LogP contribution >= 0.6 is 11.3 Å². The van der Waals surface area contributed by atoms with Crippen LogP contribution in [0.5, 0.6) is 0 Å². The van der Waals surface area contributed by atoms with Gasteiger partial charge in [-0.15, -0.1) is 0 Å². The third-order valence-electron chi connectivity index (χ3n) is 4.04. The lowest BCUT2D eigenvalue weighted by atomic mass is 10.1. The fourth-order valence-corrected chi connectivity index (χ4v) is 3.77. The first-order valence-electron chi connectivity index (χ1n) is 7.21. The van der Waals surface area contributed by atoms with Gasteiger partial charge in [0.1, 0.15) is 10.7 Å². The number of aromatic nitrogens is 1. The molecule has 110 valence electrons. The van der Waals surface area contributed by atoms with Crippen LogP contribution in [0.3, 0.4) is 0 Å². The van der Waals surface area contributed by atoms with Gasteiger partial charge in [-0.2, -0.15) is 0 Å². The van der Waals surface area contributed by atoms with E-state index in [2.05, 4.69) is 9.88 Å². The maximum atomic E-state index is 12.5. The van der Waals surface area contributed by atoms with Crippen LogP contribution in [-0.2, 0) is 0 Å². The number of carbonyl (C=O) groups excluding carboxylic acids is 1. The Balaban J connectivity index is 1.74. The van der Waals surface area contributed by atoms with Crippen LogP contribution < -0.4 is 16.4 Å². The highest BCUT2D eigenvalue weighted by Gasteiger charge is 2.27. The summed E-state index contributed by atoms with van der Waals surface area (Å²) >= 11 is 1.43. The SMILES string of the molecule is Nc1nc(N2CCCC2)sc1C(=O)N1CCC(N)CC1. The van der Waals surface area contributed by atoms with Gasteiger partial charge in [-0.25, -0.2) is 4.98 Å². The van der Waals surface area contributed by atoms with Gasteiger partial charge in [0.15, 0.2) is 5.13 Å². The molecule has 0 aromatic carbocycles. The van der Waals surface area contributed by atoms with Crippen molar-refractivity contribution in [2.45, 2.75) is 31.7 Å². The zero-order valence-electron chi connectivity index (χ0n) is 11.5. The number of thiazole rings is 1. The predicted octanol–water partition coefficient (Wildman–Crippen LogP) is 0.889. The molecule has 4 N–H and O–H groups in total. The smallest absolute Gasteiger partial charge is 0.267 e. The van der Waals surface area contributed by atoms with E-state index in [1.165, 1.54) is 24.2 Å². The molecule has 3 heterocycles. The Labute approximate surface area is 122 Å². The van der Waals surface area contributed by atoms with Gasteiger partial charge in [0.05, 0.1) is 0 Å². The second kappa shape index (κ2) is 5.57. The largest absolute Gasteiger partial charge is 0.382 e. The number of rotatable bonds is 2. The molecule has 0 aliphatic carbocycles. The summed E-state index contributed by atoms with van der Waals surface area (Å²) < 4.78 is 0. The van der Waals surface area contributed by atoms with E-state index >= 15 is 0 Å². The van der Waals surface area contributed by atoms with E-state index < -0.39 is 0 Å². The number of likely N-dealkylation sites (tertiary alicyclic amines) is 1. The summed E-state index contributed by atoms with van der Waals surface area (Å²) in [5.74, 6) is 0.383. The lowest BCUT2D eigenvalue weighted by Gasteiger charge is -2.29. The number of carbonyl (C=O) groups is 1. The van der Waals surface area contributed by atoms with Gasteiger partial charge >= 0.3 is 0 Å². The fourth-order valence-electron chi connectivity index (χ4n) is 2.76. The average Bonchev–Trinajstić information content (AvgIpc) is 3.08. The van der Waals surface area contributed by atoms with Crippen molar-refractivity contribution in [2.75, 3.05) is 36.8 Å². The van der Waals surface area contributed by atoms with Crippen molar-refractivity contribution in [2.24, 2.45) is 5.73 Å². The zero-order chi connectivity index (χ0) is 14.1. The number of hydrogen-bond acceptors (Lipinski definition) is 6. The van der Waals surface area contributed by atoms with Crippen LogP contribution in [0.1, 0.15) is 35.4 Å². The van der Waals surface area contributed by atoms with Gasteiger partial charge in [-0.1, -0.05) is 11.3 Å². The van der Waals surface area contributed by atoms with Crippen molar-refractivity contribution in [3.63, 3.8) is 0 Å². The van der Waals surface area contributed by atoms with Crippen LogP contribution in [0.25, 0.3) is 0 Å². The second-order valence-corrected chi connectivity index (χ2v) is 6.51. The molecule has 2 saturated heterocycles. The highest BCUT2D eigenvalue weighted by molar-refractivity contribution is 7.18. The normalized spacial score (nSPS) is 20.6. The number of nitrogens with zero attached hydrogens (tertiary/aromatic N) is 3. The third-order valence-corrected chi connectivity index (χ3v) is 5.16. The standard InChI is InChI=1S/C13H21N5OS/c14-9-3-7-17(8-4-9)12(19)10-11(15)16-13(20-10)18-5-1-2-6-18/h9H,1-8,14-15H2. The molecule has 20 heavy (non-hydrogen) atoms. The second-order valence-electron chi connectivity index (χ2n) is 5.53. The van der Waals surface area contributed by atoms with Crippen LogP contribution in [0.4, 0.5) is 10.9 Å². The van der Waals surface area contributed by atoms with Crippen molar-refractivity contribution in [3.05, 3.63) is 4.88 Å². The first-order valence-corrected chi connectivity index (χ1v) is 8.03. The van der Waals surface area contributed by atoms with Crippen LogP contribution in [0.2, 0.25) is 0 Å². The maximum absolute atomic E-state index is 12.5. The zero-order valence-corrected chi connectivity index (χ0v) is 12.4. The topological polar surface area (TPSA) is 88.5 Å². The van der Waals surface area contributed by atoms with E-state index in [9.17, 15) is 4.79 Å². The van der Waals surface area contributed by atoms with E-state index in [0.717, 1.165) is 44.2 Å². The van der Waals surface area contributed by atoms with Gasteiger partial charge in [0, 0.05) is 32.2 Å². The Morgan fingerprint density at radius 2 is 1.85 bits per heavy atom. The van der Waals surface area contributed by atoms with Crippen molar-refractivity contribution in [1.29, 1.82) is 0 Å². The van der Waals surface area contributed by atoms with Gasteiger partial charge in [-0.05, 0) is 25.7 Å². The number of nitrogens with two attached hydrogens (primary N) is 2. The van der Waals surface area contributed by atoms with Crippen LogP contribution in [-0.4, -0.2) is 48.0 Å². The van der Waals surface area contributed by atoms with Crippen molar-refractivity contribution >= 4 is 28.2 Å². The van der Waals surface area contributed by atoms with Crippen molar-refractivity contribution in [1.82, 2.24) is 9.88 Å². The summed E-state index contributed by atoms with van der Waals surface area (Å²) in [5, 5.41) is 0.886. The Morgan fingerprint density at radius 1 is 1.20 bits per heavy atom. The molecule has 1 aromatic heterocycles. The van der Waals surface area contributed by atoms with Crippen molar-refractivity contribution < 1.29 is 4.79 Å². The number of amides is 1. The molecule has 2 aliphatic rings. The summed E-state index contributed by atoms with van der Waals surface area (Å²) in [6.07, 6.45) is 4.10. The molecule has 1 amide bonds. The Morgan fingerprint density at radius 3 is 2.50 bits per heavy atom. The minimum absolute atomic E-state index is 0.0114. The summed E-state index contributed by atoms with van der Waals surface area (Å²) in [6, 6.07) is 0.220. The third kappa shape index (κ3) is 2.60. The highest BCUT2D eigenvalue weighted by atomic mass is 32.1. The first kappa shape index (κ1) is 13.6. The predicted molar refractivity (Wildman–Crippen MR) is 81.1 cm³/mol. The number of nitrogen functional groups attached to an aromatic ring is 1. The fraction of sp³-hybridized carbons (Fsp3) is 0.692. The maximum Gasteiger partial charge on any atom is 0.267 e. The van der Waals surface area contributed by atoms with Gasteiger partial charge in [-0.3, -0.25) is 4.79 Å². The molecule has 2 fully saturated rings. The molecule has 0 unspecified atom stereocenters. The lowest BCUT2D eigenvalue weighted by molar-refractivity contribution is 0.0720. The van der Waals surface area contributed by atoms with E-state index in [-0.39, 0.29) is 11.9 Å². The van der Waals surface area contributed by atoms with E-state index in [4.69, 9.17) is 11.5 Å². The van der Waals surface area contributed by atoms with Crippen molar-refractivity contribution in [3.8, 4) is 0 Å². The minimum Gasteiger partial charge on any atom is -0.382 e. The van der Waals surface area contributed by atoms with Crippen LogP contribution in [0, 0.1) is 0 Å². The molecular weight excluding hydrogens is 274 g/mol. The number of piperidine rings is 1. The minimum atomic E-state index is 0.0114. The van der Waals surface area contributed by atoms with Gasteiger partial charge in [0.25, 0.3) is 5.91 Å². The van der Waals surface area contributed by atoms with Gasteiger partial charge in [0.2, 0.25) is 0 Å². The Hall–Kier alpha value is -1.34. The molecule has 0 atom stereocenters. The van der Waals surface area contributed by atoms with E-state index in [1.807, 2.05) is 4.90 Å². The lowest BCUT2D eigenvalue weighted by Crippen LogP contribution is -2.42. The molecular formula is C13H21N5OS. The average molecular weight is 295 g/mol. The van der Waals surface area contributed by atoms with E-state index in [1.54, 1.807) is 0 Å². The first-order chi connectivity index (χ1) is 9.65. The summed E-state index contributed by atoms with van der Waals surface area (Å²) in [5.41, 5.74) is 11.8. The molecule has 0 spiro atoms. The number of anilines is 2. The summed E-state index contributed by atoms with van der Waals surface area (Å²) in [4.78, 5) is 21.5. The molecule has 3 rings (SSSR count). The monoisotopic (exact) mass is 295 g/mol.